The smallest absolute Gasteiger partial charge is 0.222 e. The Bertz CT molecular complexity index is 550. The van der Waals surface area contributed by atoms with Gasteiger partial charge in [0.15, 0.2) is 0 Å². The van der Waals surface area contributed by atoms with Gasteiger partial charge in [-0.05, 0) is 18.4 Å². The van der Waals surface area contributed by atoms with E-state index in [2.05, 4.69) is 0 Å². The van der Waals surface area contributed by atoms with E-state index in [4.69, 9.17) is 10.2 Å². The molecule has 0 spiro atoms. The molecule has 0 bridgehead atoms. The number of aliphatic hydroxyl groups is 4. The van der Waals surface area contributed by atoms with E-state index in [0.717, 1.165) is 5.56 Å². The molecule has 2 atom stereocenters. The monoisotopic (exact) mass is 366 g/mol. The number of carbonyl (C=O) groups is 1. The summed E-state index contributed by atoms with van der Waals surface area (Å²) < 4.78 is 0. The maximum Gasteiger partial charge on any atom is 0.222 e. The molecular weight excluding hydrogens is 336 g/mol. The van der Waals surface area contributed by atoms with E-state index in [-0.39, 0.29) is 38.6 Å². The van der Waals surface area contributed by atoms with Crippen LogP contribution in [-0.2, 0) is 11.2 Å². The van der Waals surface area contributed by atoms with Crippen molar-refractivity contribution in [2.75, 3.05) is 45.9 Å². The molecule has 0 aliphatic carbocycles. The summed E-state index contributed by atoms with van der Waals surface area (Å²) in [5, 5.41) is 39.4. The first-order valence-corrected chi connectivity index (χ1v) is 9.14. The normalized spacial score (nSPS) is 23.4. The number of likely N-dealkylation sites (tertiary alicyclic amines) is 1. The van der Waals surface area contributed by atoms with Crippen LogP contribution in [0.5, 0.6) is 0 Å². The molecule has 26 heavy (non-hydrogen) atoms. The SMILES string of the molecule is O=C(CCc1ccccc1)N1CC[C@](O)(CN(CCO)CCO)[C@@H](O)C1. The highest BCUT2D eigenvalue weighted by atomic mass is 16.3. The Morgan fingerprint density at radius 1 is 1.19 bits per heavy atom. The fourth-order valence-corrected chi connectivity index (χ4v) is 3.37. The van der Waals surface area contributed by atoms with Gasteiger partial charge in [0.1, 0.15) is 11.7 Å². The molecule has 1 heterocycles. The van der Waals surface area contributed by atoms with Crippen molar-refractivity contribution in [2.24, 2.45) is 0 Å². The minimum absolute atomic E-state index is 0.0301. The first-order valence-electron chi connectivity index (χ1n) is 9.14. The summed E-state index contributed by atoms with van der Waals surface area (Å²) in [6.45, 7) is 1.09. The Balaban J connectivity index is 1.86. The van der Waals surface area contributed by atoms with Crippen LogP contribution in [0.4, 0.5) is 0 Å². The number of carbonyl (C=O) groups excluding carboxylic acids is 1. The summed E-state index contributed by atoms with van der Waals surface area (Å²) in [7, 11) is 0. The molecule has 0 aromatic heterocycles. The molecule has 1 saturated heterocycles. The highest BCUT2D eigenvalue weighted by molar-refractivity contribution is 5.76. The average molecular weight is 366 g/mol. The second-order valence-electron chi connectivity index (χ2n) is 6.92. The summed E-state index contributed by atoms with van der Waals surface area (Å²) in [5.74, 6) is -0.0301. The highest BCUT2D eigenvalue weighted by Crippen LogP contribution is 2.24. The van der Waals surface area contributed by atoms with Crippen molar-refractivity contribution in [3.05, 3.63) is 35.9 Å². The van der Waals surface area contributed by atoms with Crippen LogP contribution in [0.2, 0.25) is 0 Å². The Kier molecular flexibility index (Phi) is 7.99. The van der Waals surface area contributed by atoms with Crippen LogP contribution in [0.25, 0.3) is 0 Å². The minimum atomic E-state index is -1.35. The number of piperidine rings is 1. The van der Waals surface area contributed by atoms with Crippen LogP contribution in [0.1, 0.15) is 18.4 Å². The minimum Gasteiger partial charge on any atom is -0.395 e. The van der Waals surface area contributed by atoms with Crippen LogP contribution in [-0.4, -0.2) is 93.8 Å². The van der Waals surface area contributed by atoms with E-state index in [0.29, 0.717) is 32.5 Å². The molecule has 7 nitrogen and oxygen atoms in total. The number of hydrogen-bond acceptors (Lipinski definition) is 6. The summed E-state index contributed by atoms with van der Waals surface area (Å²) in [6, 6.07) is 9.77. The topological polar surface area (TPSA) is 104 Å². The van der Waals surface area contributed by atoms with Crippen molar-refractivity contribution < 1.29 is 25.2 Å². The van der Waals surface area contributed by atoms with Crippen molar-refractivity contribution in [3.63, 3.8) is 0 Å². The van der Waals surface area contributed by atoms with Gasteiger partial charge in [-0.2, -0.15) is 0 Å². The third-order valence-electron chi connectivity index (χ3n) is 4.98. The lowest BCUT2D eigenvalue weighted by Crippen LogP contribution is -2.61. The van der Waals surface area contributed by atoms with Crippen LogP contribution in [0.15, 0.2) is 30.3 Å². The maximum atomic E-state index is 12.4. The van der Waals surface area contributed by atoms with Gasteiger partial charge >= 0.3 is 0 Å². The summed E-state index contributed by atoms with van der Waals surface area (Å²) >= 11 is 0. The second-order valence-corrected chi connectivity index (χ2v) is 6.92. The van der Waals surface area contributed by atoms with Crippen molar-refractivity contribution in [2.45, 2.75) is 31.0 Å². The van der Waals surface area contributed by atoms with E-state index < -0.39 is 11.7 Å². The zero-order chi connectivity index (χ0) is 19.0. The molecular formula is C19H30N2O5. The molecule has 7 heteroatoms. The molecule has 0 unspecified atom stereocenters. The molecule has 1 amide bonds. The Hall–Kier alpha value is -1.51. The average Bonchev–Trinajstić information content (AvgIpc) is 2.63. The molecule has 4 N–H and O–H groups in total. The first-order chi connectivity index (χ1) is 12.5. The van der Waals surface area contributed by atoms with E-state index in [1.165, 1.54) is 0 Å². The second kappa shape index (κ2) is 9.99. The van der Waals surface area contributed by atoms with Gasteiger partial charge in [0.05, 0.1) is 13.2 Å². The lowest BCUT2D eigenvalue weighted by atomic mass is 9.87. The van der Waals surface area contributed by atoms with E-state index in [1.54, 1.807) is 9.80 Å². The Morgan fingerprint density at radius 2 is 1.85 bits per heavy atom. The summed E-state index contributed by atoms with van der Waals surface area (Å²) in [5.41, 5.74) is -0.251. The number of rotatable bonds is 9. The van der Waals surface area contributed by atoms with Gasteiger partial charge in [0, 0.05) is 39.1 Å². The van der Waals surface area contributed by atoms with Gasteiger partial charge in [0.25, 0.3) is 0 Å². The van der Waals surface area contributed by atoms with Crippen molar-refractivity contribution in [1.29, 1.82) is 0 Å². The molecule has 0 saturated carbocycles. The zero-order valence-electron chi connectivity index (χ0n) is 15.1. The van der Waals surface area contributed by atoms with Crippen molar-refractivity contribution in [1.82, 2.24) is 9.80 Å². The molecule has 0 radical (unpaired) electrons. The molecule has 146 valence electrons. The molecule has 1 aliphatic rings. The van der Waals surface area contributed by atoms with Crippen molar-refractivity contribution in [3.8, 4) is 0 Å². The summed E-state index contributed by atoms with van der Waals surface area (Å²) in [6.07, 6.45) is 0.225. The van der Waals surface area contributed by atoms with Gasteiger partial charge in [-0.3, -0.25) is 9.69 Å². The number of benzene rings is 1. The van der Waals surface area contributed by atoms with Gasteiger partial charge < -0.3 is 25.3 Å². The molecule has 1 aliphatic heterocycles. The van der Waals surface area contributed by atoms with Gasteiger partial charge in [-0.25, -0.2) is 0 Å². The van der Waals surface area contributed by atoms with Gasteiger partial charge in [-0.15, -0.1) is 0 Å². The van der Waals surface area contributed by atoms with Crippen LogP contribution >= 0.6 is 0 Å². The highest BCUT2D eigenvalue weighted by Gasteiger charge is 2.42. The van der Waals surface area contributed by atoms with Crippen molar-refractivity contribution >= 4 is 5.91 Å². The number of nitrogens with zero attached hydrogens (tertiary/aromatic N) is 2. The Labute approximate surface area is 154 Å². The maximum absolute atomic E-state index is 12.4. The van der Waals surface area contributed by atoms with E-state index >= 15 is 0 Å². The lowest BCUT2D eigenvalue weighted by Gasteiger charge is -2.44. The predicted molar refractivity (Wildman–Crippen MR) is 97.5 cm³/mol. The molecule has 1 aromatic carbocycles. The fourth-order valence-electron chi connectivity index (χ4n) is 3.37. The fraction of sp³-hybridized carbons (Fsp3) is 0.632. The quantitative estimate of drug-likeness (QED) is 0.458. The molecule has 1 fully saturated rings. The zero-order valence-corrected chi connectivity index (χ0v) is 15.1. The predicted octanol–water partition coefficient (Wildman–Crippen LogP) is -0.770. The largest absolute Gasteiger partial charge is 0.395 e. The van der Waals surface area contributed by atoms with Gasteiger partial charge in [-0.1, -0.05) is 30.3 Å². The first kappa shape index (κ1) is 20.8. The lowest BCUT2D eigenvalue weighted by molar-refractivity contribution is -0.153. The third-order valence-corrected chi connectivity index (χ3v) is 4.98. The number of aliphatic hydroxyl groups excluding tert-OH is 3. The van der Waals surface area contributed by atoms with E-state index in [1.807, 2.05) is 30.3 Å². The number of aryl methyl sites for hydroxylation is 1. The molecule has 1 aromatic rings. The van der Waals surface area contributed by atoms with Crippen LogP contribution < -0.4 is 0 Å². The number of β-amino-alcohol motifs (C(OH)–C–C–N with tert-alkyl or cyclic N) is 1. The Morgan fingerprint density at radius 3 is 2.42 bits per heavy atom. The summed E-state index contributed by atoms with van der Waals surface area (Å²) in [4.78, 5) is 15.7. The standard InChI is InChI=1S/C19H30N2O5/c22-12-10-20(11-13-23)15-19(26)8-9-21(14-17(19)24)18(25)7-6-16-4-2-1-3-5-16/h1-5,17,22-24,26H,6-15H2/t17-,19-/m0/s1. The van der Waals surface area contributed by atoms with Crippen LogP contribution in [0.3, 0.4) is 0 Å². The van der Waals surface area contributed by atoms with E-state index in [9.17, 15) is 15.0 Å². The number of hydrogen-bond donors (Lipinski definition) is 4. The number of amides is 1. The van der Waals surface area contributed by atoms with Crippen LogP contribution in [0, 0.1) is 0 Å². The molecule has 2 rings (SSSR count). The van der Waals surface area contributed by atoms with Gasteiger partial charge in [0.2, 0.25) is 5.91 Å². The third kappa shape index (κ3) is 5.75.